The van der Waals surface area contributed by atoms with Gasteiger partial charge in [-0.3, -0.25) is 0 Å². The summed E-state index contributed by atoms with van der Waals surface area (Å²) >= 11 is 3.10. The predicted molar refractivity (Wildman–Crippen MR) is 49.8 cm³/mol. The molecule has 0 aromatic heterocycles. The van der Waals surface area contributed by atoms with E-state index >= 15 is 0 Å². The van der Waals surface area contributed by atoms with Crippen LogP contribution in [0.4, 0.5) is 4.39 Å². The van der Waals surface area contributed by atoms with Crippen LogP contribution in [0.5, 0.6) is 5.75 Å². The summed E-state index contributed by atoms with van der Waals surface area (Å²) in [6, 6.07) is 1.76. The highest BCUT2D eigenvalue weighted by atomic mass is 79.9. The average molecular weight is 250 g/mol. The zero-order valence-corrected chi connectivity index (χ0v) is 8.25. The molecule has 1 aromatic carbocycles. The summed E-state index contributed by atoms with van der Waals surface area (Å²) in [4.78, 5) is 0. The number of nitrogens with two attached hydrogens (primary N) is 1. The maximum atomic E-state index is 12.8. The maximum absolute atomic E-state index is 12.8. The van der Waals surface area contributed by atoms with Gasteiger partial charge in [0.15, 0.2) is 11.6 Å². The highest BCUT2D eigenvalue weighted by Crippen LogP contribution is 2.32. The van der Waals surface area contributed by atoms with Crippen LogP contribution in [0.1, 0.15) is 11.6 Å². The van der Waals surface area contributed by atoms with Crippen LogP contribution in [-0.4, -0.2) is 16.8 Å². The molecule has 5 heteroatoms. The van der Waals surface area contributed by atoms with Gasteiger partial charge in [0, 0.05) is 10.0 Å². The summed E-state index contributed by atoms with van der Waals surface area (Å²) in [5, 5.41) is 18.0. The number of aliphatic hydroxyl groups is 1. The van der Waals surface area contributed by atoms with Gasteiger partial charge in [0.05, 0.1) is 12.6 Å². The third-order valence-corrected chi connectivity index (χ3v) is 2.37. The molecule has 0 saturated heterocycles. The Balaban J connectivity index is 3.25. The Morgan fingerprint density at radius 2 is 2.15 bits per heavy atom. The molecule has 0 spiro atoms. The predicted octanol–water partition coefficient (Wildman–Crippen LogP) is 1.29. The normalized spacial score (nSPS) is 12.9. The van der Waals surface area contributed by atoms with Gasteiger partial charge in [-0.1, -0.05) is 15.9 Å². The lowest BCUT2D eigenvalue weighted by Crippen LogP contribution is -2.15. The standard InChI is InChI=1S/C8H9BrFNO2/c9-4-1-2-5(10)8(13)7(4)6(11)3-12/h1-2,6,12-13H,3,11H2. The van der Waals surface area contributed by atoms with E-state index in [1.54, 1.807) is 0 Å². The van der Waals surface area contributed by atoms with Crippen molar-refractivity contribution in [3.63, 3.8) is 0 Å². The second kappa shape index (κ2) is 4.04. The van der Waals surface area contributed by atoms with Crippen molar-refractivity contribution in [1.29, 1.82) is 0 Å². The van der Waals surface area contributed by atoms with Gasteiger partial charge < -0.3 is 15.9 Å². The Bertz CT molecular complexity index is 319. The fourth-order valence-electron chi connectivity index (χ4n) is 1.00. The first-order valence-corrected chi connectivity index (χ1v) is 4.40. The summed E-state index contributed by atoms with van der Waals surface area (Å²) in [6.45, 7) is -0.352. The summed E-state index contributed by atoms with van der Waals surface area (Å²) in [6.07, 6.45) is 0. The number of hydrogen-bond donors (Lipinski definition) is 3. The van der Waals surface area contributed by atoms with Crippen molar-refractivity contribution in [3.8, 4) is 5.75 Å². The fraction of sp³-hybridized carbons (Fsp3) is 0.250. The Morgan fingerprint density at radius 3 is 2.69 bits per heavy atom. The average Bonchev–Trinajstić information content (AvgIpc) is 2.12. The number of halogens is 2. The van der Waals surface area contributed by atoms with Crippen molar-refractivity contribution in [2.45, 2.75) is 6.04 Å². The van der Waals surface area contributed by atoms with E-state index in [-0.39, 0.29) is 12.2 Å². The molecule has 0 radical (unpaired) electrons. The van der Waals surface area contributed by atoms with Crippen molar-refractivity contribution in [1.82, 2.24) is 0 Å². The molecule has 0 aliphatic rings. The van der Waals surface area contributed by atoms with E-state index in [9.17, 15) is 9.50 Å². The second-order valence-corrected chi connectivity index (χ2v) is 3.43. The first-order chi connectivity index (χ1) is 6.07. The maximum Gasteiger partial charge on any atom is 0.165 e. The molecule has 1 atom stereocenters. The van der Waals surface area contributed by atoms with E-state index in [0.29, 0.717) is 4.47 Å². The molecular formula is C8H9BrFNO2. The minimum Gasteiger partial charge on any atom is -0.505 e. The van der Waals surface area contributed by atoms with Gasteiger partial charge in [-0.25, -0.2) is 4.39 Å². The summed E-state index contributed by atoms with van der Waals surface area (Å²) < 4.78 is 13.3. The molecule has 0 amide bonds. The Labute approximate surface area is 83.1 Å². The fourth-order valence-corrected chi connectivity index (χ4v) is 1.61. The molecule has 0 saturated carbocycles. The van der Waals surface area contributed by atoms with Gasteiger partial charge in [0.2, 0.25) is 0 Å². The Hall–Kier alpha value is -0.650. The first kappa shape index (κ1) is 10.4. The SMILES string of the molecule is NC(CO)c1c(Br)ccc(F)c1O. The van der Waals surface area contributed by atoms with Crippen molar-refractivity contribution in [2.24, 2.45) is 5.73 Å². The molecule has 0 fully saturated rings. The molecule has 0 heterocycles. The van der Waals surface area contributed by atoms with Crippen LogP contribution in [0.2, 0.25) is 0 Å². The van der Waals surface area contributed by atoms with Gasteiger partial charge in [-0.05, 0) is 12.1 Å². The first-order valence-electron chi connectivity index (χ1n) is 3.61. The van der Waals surface area contributed by atoms with Crippen LogP contribution in [0.3, 0.4) is 0 Å². The molecule has 0 bridgehead atoms. The van der Waals surface area contributed by atoms with Crippen LogP contribution in [0.25, 0.3) is 0 Å². The molecular weight excluding hydrogens is 241 g/mol. The zero-order valence-electron chi connectivity index (χ0n) is 6.67. The molecule has 13 heavy (non-hydrogen) atoms. The van der Waals surface area contributed by atoms with Gasteiger partial charge in [-0.2, -0.15) is 0 Å². The van der Waals surface area contributed by atoms with Crippen LogP contribution >= 0.6 is 15.9 Å². The van der Waals surface area contributed by atoms with E-state index in [0.717, 1.165) is 6.07 Å². The third-order valence-electron chi connectivity index (χ3n) is 1.68. The van der Waals surface area contributed by atoms with Crippen molar-refractivity contribution < 1.29 is 14.6 Å². The highest BCUT2D eigenvalue weighted by Gasteiger charge is 2.16. The number of rotatable bonds is 2. The van der Waals surface area contributed by atoms with Gasteiger partial charge in [-0.15, -0.1) is 0 Å². The minimum atomic E-state index is -0.787. The quantitative estimate of drug-likeness (QED) is 0.740. The number of aromatic hydroxyl groups is 1. The topological polar surface area (TPSA) is 66.5 Å². The number of phenolic OH excluding ortho intramolecular Hbond substituents is 1. The second-order valence-electron chi connectivity index (χ2n) is 2.58. The lowest BCUT2D eigenvalue weighted by Gasteiger charge is -2.12. The number of phenols is 1. The smallest absolute Gasteiger partial charge is 0.165 e. The zero-order chi connectivity index (χ0) is 10.0. The van der Waals surface area contributed by atoms with Crippen LogP contribution in [0.15, 0.2) is 16.6 Å². The largest absolute Gasteiger partial charge is 0.505 e. The summed E-state index contributed by atoms with van der Waals surface area (Å²) in [5.41, 5.74) is 5.64. The lowest BCUT2D eigenvalue weighted by molar-refractivity contribution is 0.264. The van der Waals surface area contributed by atoms with Crippen LogP contribution < -0.4 is 5.73 Å². The van der Waals surface area contributed by atoms with E-state index in [4.69, 9.17) is 10.8 Å². The molecule has 72 valence electrons. The van der Waals surface area contributed by atoms with E-state index in [1.165, 1.54) is 6.07 Å². The monoisotopic (exact) mass is 249 g/mol. The van der Waals surface area contributed by atoms with Gasteiger partial charge >= 0.3 is 0 Å². The molecule has 4 N–H and O–H groups in total. The molecule has 0 aliphatic carbocycles. The van der Waals surface area contributed by atoms with Gasteiger partial charge in [0.25, 0.3) is 0 Å². The van der Waals surface area contributed by atoms with Crippen LogP contribution in [0, 0.1) is 5.82 Å². The van der Waals surface area contributed by atoms with Gasteiger partial charge in [0.1, 0.15) is 0 Å². The molecule has 1 unspecified atom stereocenters. The Kier molecular flexibility index (Phi) is 3.24. The Morgan fingerprint density at radius 1 is 1.54 bits per heavy atom. The minimum absolute atomic E-state index is 0.183. The van der Waals surface area contributed by atoms with E-state index < -0.39 is 17.6 Å². The summed E-state index contributed by atoms with van der Waals surface area (Å²) in [7, 11) is 0. The van der Waals surface area contributed by atoms with E-state index in [2.05, 4.69) is 15.9 Å². The number of benzene rings is 1. The molecule has 0 aliphatic heterocycles. The lowest BCUT2D eigenvalue weighted by atomic mass is 10.1. The van der Waals surface area contributed by atoms with E-state index in [1.807, 2.05) is 0 Å². The number of hydrogen-bond acceptors (Lipinski definition) is 3. The molecule has 3 nitrogen and oxygen atoms in total. The van der Waals surface area contributed by atoms with Crippen molar-refractivity contribution >= 4 is 15.9 Å². The molecule has 1 rings (SSSR count). The van der Waals surface area contributed by atoms with Crippen molar-refractivity contribution in [2.75, 3.05) is 6.61 Å². The highest BCUT2D eigenvalue weighted by molar-refractivity contribution is 9.10. The van der Waals surface area contributed by atoms with Crippen molar-refractivity contribution in [3.05, 3.63) is 28.0 Å². The molecule has 1 aromatic rings. The third kappa shape index (κ3) is 1.99. The summed E-state index contributed by atoms with van der Waals surface area (Å²) in [5.74, 6) is -1.27. The number of aliphatic hydroxyl groups excluding tert-OH is 1. The van der Waals surface area contributed by atoms with Crippen LogP contribution in [-0.2, 0) is 0 Å².